The number of benzene rings is 2. The molecule has 0 saturated heterocycles. The molecule has 20 heavy (non-hydrogen) atoms. The second-order valence-corrected chi connectivity index (χ2v) is 5.11. The molecule has 0 amide bonds. The fourth-order valence-corrected chi connectivity index (χ4v) is 2.64. The predicted octanol–water partition coefficient (Wildman–Crippen LogP) is 3.80. The summed E-state index contributed by atoms with van der Waals surface area (Å²) in [7, 11) is 0. The van der Waals surface area contributed by atoms with Gasteiger partial charge in [-0.3, -0.25) is 0 Å². The monoisotopic (exact) mass is 266 g/mol. The average Bonchev–Trinajstić information content (AvgIpc) is 2.93. The Balaban J connectivity index is 1.72. The van der Waals surface area contributed by atoms with E-state index in [0.717, 1.165) is 12.1 Å². The van der Waals surface area contributed by atoms with Gasteiger partial charge >= 0.3 is 0 Å². The molecule has 0 aliphatic heterocycles. The number of rotatable bonds is 3. The lowest BCUT2D eigenvalue weighted by Crippen LogP contribution is -2.02. The van der Waals surface area contributed by atoms with Crippen molar-refractivity contribution in [3.05, 3.63) is 64.5 Å². The van der Waals surface area contributed by atoms with Crippen LogP contribution in [-0.4, -0.2) is 0 Å². The van der Waals surface area contributed by atoms with Crippen molar-refractivity contribution in [2.45, 2.75) is 25.8 Å². The van der Waals surface area contributed by atoms with Gasteiger partial charge in [0.2, 0.25) is 0 Å². The van der Waals surface area contributed by atoms with Crippen molar-refractivity contribution in [2.75, 3.05) is 5.32 Å². The maximum Gasteiger partial charge on any atom is 0.129 e. The van der Waals surface area contributed by atoms with Crippen LogP contribution in [0.3, 0.4) is 0 Å². The first kappa shape index (κ1) is 12.7. The Morgan fingerprint density at radius 2 is 1.95 bits per heavy atom. The third kappa shape index (κ3) is 2.50. The number of hydrogen-bond donors (Lipinski definition) is 1. The molecular formula is C17H15FN2. The summed E-state index contributed by atoms with van der Waals surface area (Å²) >= 11 is 0. The summed E-state index contributed by atoms with van der Waals surface area (Å²) in [6.07, 6.45) is 3.53. The SMILES string of the molecule is N#Cc1ccc(CNc2ccc3c(c2)CCC3)c(F)c1. The van der Waals surface area contributed by atoms with Crippen molar-refractivity contribution in [1.82, 2.24) is 0 Å². The average molecular weight is 266 g/mol. The van der Waals surface area contributed by atoms with E-state index in [1.807, 2.05) is 12.1 Å². The van der Waals surface area contributed by atoms with Gasteiger partial charge in [-0.2, -0.15) is 5.26 Å². The molecule has 0 saturated carbocycles. The van der Waals surface area contributed by atoms with Crippen molar-refractivity contribution >= 4 is 5.69 Å². The quantitative estimate of drug-likeness (QED) is 0.917. The van der Waals surface area contributed by atoms with Crippen molar-refractivity contribution in [1.29, 1.82) is 5.26 Å². The van der Waals surface area contributed by atoms with E-state index in [4.69, 9.17) is 5.26 Å². The molecule has 100 valence electrons. The lowest BCUT2D eigenvalue weighted by atomic mass is 10.1. The number of fused-ring (bicyclic) bond motifs is 1. The van der Waals surface area contributed by atoms with Crippen LogP contribution in [0.2, 0.25) is 0 Å². The largest absolute Gasteiger partial charge is 0.381 e. The fourth-order valence-electron chi connectivity index (χ4n) is 2.64. The Labute approximate surface area is 117 Å². The smallest absolute Gasteiger partial charge is 0.129 e. The van der Waals surface area contributed by atoms with E-state index < -0.39 is 0 Å². The van der Waals surface area contributed by atoms with Crippen LogP contribution in [0.1, 0.15) is 28.7 Å². The van der Waals surface area contributed by atoms with Crippen LogP contribution in [0.15, 0.2) is 36.4 Å². The van der Waals surface area contributed by atoms with Crippen LogP contribution in [0.5, 0.6) is 0 Å². The molecule has 0 spiro atoms. The number of nitriles is 1. The second-order valence-electron chi connectivity index (χ2n) is 5.11. The molecule has 0 radical (unpaired) electrons. The number of anilines is 1. The number of aryl methyl sites for hydroxylation is 2. The Morgan fingerprint density at radius 3 is 2.75 bits per heavy atom. The van der Waals surface area contributed by atoms with Crippen LogP contribution in [0.25, 0.3) is 0 Å². The minimum atomic E-state index is -0.335. The van der Waals surface area contributed by atoms with Crippen LogP contribution >= 0.6 is 0 Å². The zero-order valence-corrected chi connectivity index (χ0v) is 11.1. The van der Waals surface area contributed by atoms with E-state index in [-0.39, 0.29) is 5.82 Å². The molecule has 1 aliphatic carbocycles. The normalized spacial score (nSPS) is 12.8. The molecule has 0 unspecified atom stereocenters. The van der Waals surface area contributed by atoms with Crippen LogP contribution in [0.4, 0.5) is 10.1 Å². The second kappa shape index (κ2) is 5.34. The summed E-state index contributed by atoms with van der Waals surface area (Å²) in [6.45, 7) is 0.427. The topological polar surface area (TPSA) is 35.8 Å². The van der Waals surface area contributed by atoms with E-state index in [9.17, 15) is 4.39 Å². The zero-order chi connectivity index (χ0) is 13.9. The molecule has 0 heterocycles. The highest BCUT2D eigenvalue weighted by atomic mass is 19.1. The van der Waals surface area contributed by atoms with E-state index in [0.29, 0.717) is 17.7 Å². The molecule has 0 fully saturated rings. The molecule has 2 nitrogen and oxygen atoms in total. The van der Waals surface area contributed by atoms with Crippen molar-refractivity contribution in [3.8, 4) is 6.07 Å². The van der Waals surface area contributed by atoms with E-state index in [2.05, 4.69) is 17.4 Å². The summed E-state index contributed by atoms with van der Waals surface area (Å²) in [5.41, 5.74) is 4.78. The molecule has 2 aromatic carbocycles. The summed E-state index contributed by atoms with van der Waals surface area (Å²) < 4.78 is 13.8. The molecular weight excluding hydrogens is 251 g/mol. The zero-order valence-electron chi connectivity index (χ0n) is 11.1. The Morgan fingerprint density at radius 1 is 1.10 bits per heavy atom. The first-order valence-corrected chi connectivity index (χ1v) is 6.80. The summed E-state index contributed by atoms with van der Waals surface area (Å²) in [5.74, 6) is -0.335. The molecule has 0 bridgehead atoms. The lowest BCUT2D eigenvalue weighted by molar-refractivity contribution is 0.612. The van der Waals surface area contributed by atoms with Gasteiger partial charge in [0, 0.05) is 17.8 Å². The van der Waals surface area contributed by atoms with Gasteiger partial charge in [-0.25, -0.2) is 4.39 Å². The minimum Gasteiger partial charge on any atom is -0.381 e. The lowest BCUT2D eigenvalue weighted by Gasteiger charge is -2.09. The maximum absolute atomic E-state index is 13.8. The number of nitrogens with zero attached hydrogens (tertiary/aromatic N) is 1. The number of hydrogen-bond acceptors (Lipinski definition) is 2. The van der Waals surface area contributed by atoms with Crippen molar-refractivity contribution in [3.63, 3.8) is 0 Å². The fraction of sp³-hybridized carbons (Fsp3) is 0.235. The minimum absolute atomic E-state index is 0.335. The number of halogens is 1. The Bertz CT molecular complexity index is 686. The molecule has 1 N–H and O–H groups in total. The van der Waals surface area contributed by atoms with Crippen molar-refractivity contribution < 1.29 is 4.39 Å². The molecule has 3 rings (SSSR count). The van der Waals surface area contributed by atoms with Gasteiger partial charge in [0.1, 0.15) is 5.82 Å². The Hall–Kier alpha value is -2.34. The van der Waals surface area contributed by atoms with Gasteiger partial charge in [0.05, 0.1) is 11.6 Å². The maximum atomic E-state index is 13.8. The van der Waals surface area contributed by atoms with Gasteiger partial charge in [-0.1, -0.05) is 12.1 Å². The van der Waals surface area contributed by atoms with Gasteiger partial charge in [-0.15, -0.1) is 0 Å². The standard InChI is InChI=1S/C17H15FN2/c18-17-8-12(10-19)4-5-15(17)11-20-16-7-6-13-2-1-3-14(13)9-16/h4-9,20H,1-3,11H2. The highest BCUT2D eigenvalue weighted by molar-refractivity contribution is 5.50. The first-order valence-electron chi connectivity index (χ1n) is 6.80. The van der Waals surface area contributed by atoms with Crippen LogP contribution in [-0.2, 0) is 19.4 Å². The number of nitrogens with one attached hydrogen (secondary N) is 1. The molecule has 0 atom stereocenters. The highest BCUT2D eigenvalue weighted by Crippen LogP contribution is 2.25. The molecule has 0 aromatic heterocycles. The van der Waals surface area contributed by atoms with E-state index in [1.54, 1.807) is 12.1 Å². The molecule has 2 aromatic rings. The summed E-state index contributed by atoms with van der Waals surface area (Å²) in [6, 6.07) is 12.9. The molecule has 1 aliphatic rings. The van der Waals surface area contributed by atoms with Gasteiger partial charge < -0.3 is 5.32 Å². The van der Waals surface area contributed by atoms with E-state index >= 15 is 0 Å². The van der Waals surface area contributed by atoms with Gasteiger partial charge in [0.25, 0.3) is 0 Å². The molecule has 3 heteroatoms. The predicted molar refractivity (Wildman–Crippen MR) is 76.9 cm³/mol. The first-order chi connectivity index (χ1) is 9.76. The van der Waals surface area contributed by atoms with Crippen molar-refractivity contribution in [2.24, 2.45) is 0 Å². The highest BCUT2D eigenvalue weighted by Gasteiger charge is 2.11. The van der Waals surface area contributed by atoms with Gasteiger partial charge in [0.15, 0.2) is 0 Å². The summed E-state index contributed by atoms with van der Waals surface area (Å²) in [5, 5.41) is 12.0. The van der Waals surface area contributed by atoms with Crippen LogP contribution < -0.4 is 5.32 Å². The van der Waals surface area contributed by atoms with E-state index in [1.165, 1.54) is 30.0 Å². The third-order valence-electron chi connectivity index (χ3n) is 3.76. The Kier molecular flexibility index (Phi) is 3.39. The van der Waals surface area contributed by atoms with Gasteiger partial charge in [-0.05, 0) is 54.7 Å². The summed E-state index contributed by atoms with van der Waals surface area (Å²) in [4.78, 5) is 0. The third-order valence-corrected chi connectivity index (χ3v) is 3.76. The van der Waals surface area contributed by atoms with Crippen LogP contribution in [0, 0.1) is 17.1 Å².